The van der Waals surface area contributed by atoms with Gasteiger partial charge in [0.05, 0.1) is 4.88 Å². The zero-order valence-corrected chi connectivity index (χ0v) is 14.0. The van der Waals surface area contributed by atoms with Crippen LogP contribution in [0.15, 0.2) is 30.3 Å². The molecular weight excluding hydrogens is 296 g/mol. The van der Waals surface area contributed by atoms with E-state index in [0.717, 1.165) is 16.1 Å². The molecule has 116 valence electrons. The van der Waals surface area contributed by atoms with Gasteiger partial charge in [-0.3, -0.25) is 9.59 Å². The fourth-order valence-corrected chi connectivity index (χ4v) is 2.73. The summed E-state index contributed by atoms with van der Waals surface area (Å²) in [5.74, 6) is -0.203. The molecule has 2 aromatic rings. The summed E-state index contributed by atoms with van der Waals surface area (Å²) >= 11 is 1.49. The molecule has 0 unspecified atom stereocenters. The van der Waals surface area contributed by atoms with Crippen LogP contribution < -0.4 is 10.6 Å². The van der Waals surface area contributed by atoms with Crippen LogP contribution in [0, 0.1) is 19.8 Å². The molecule has 0 aliphatic rings. The maximum absolute atomic E-state index is 12.2. The van der Waals surface area contributed by atoms with Gasteiger partial charge in [0.2, 0.25) is 5.91 Å². The molecule has 1 aromatic heterocycles. The number of anilines is 2. The number of carbonyl (C=O) groups is 2. The quantitative estimate of drug-likeness (QED) is 0.887. The Morgan fingerprint density at radius 3 is 2.00 bits per heavy atom. The van der Waals surface area contributed by atoms with E-state index in [1.165, 1.54) is 11.3 Å². The Bertz CT molecular complexity index is 668. The van der Waals surface area contributed by atoms with E-state index >= 15 is 0 Å². The van der Waals surface area contributed by atoms with Gasteiger partial charge in [0.15, 0.2) is 0 Å². The van der Waals surface area contributed by atoms with Crippen LogP contribution in [0.5, 0.6) is 0 Å². The number of amides is 2. The van der Waals surface area contributed by atoms with E-state index in [-0.39, 0.29) is 17.7 Å². The van der Waals surface area contributed by atoms with Crippen LogP contribution in [-0.2, 0) is 4.79 Å². The van der Waals surface area contributed by atoms with E-state index in [4.69, 9.17) is 0 Å². The standard InChI is InChI=1S/C17H20N2O2S/c1-10(2)16(20)18-13-5-7-14(8-6-13)19-17(21)15-9-11(3)12(4)22-15/h5-10H,1-4H3,(H,18,20)(H,19,21). The normalized spacial score (nSPS) is 10.6. The van der Waals surface area contributed by atoms with E-state index < -0.39 is 0 Å². The average molecular weight is 316 g/mol. The second-order valence-electron chi connectivity index (χ2n) is 5.53. The third-order valence-corrected chi connectivity index (χ3v) is 4.48. The highest BCUT2D eigenvalue weighted by Gasteiger charge is 2.11. The van der Waals surface area contributed by atoms with Gasteiger partial charge in [0.25, 0.3) is 5.91 Å². The van der Waals surface area contributed by atoms with Crippen molar-refractivity contribution in [2.45, 2.75) is 27.7 Å². The summed E-state index contributed by atoms with van der Waals surface area (Å²) < 4.78 is 0. The summed E-state index contributed by atoms with van der Waals surface area (Å²) in [6.07, 6.45) is 0. The van der Waals surface area contributed by atoms with E-state index in [1.807, 2.05) is 33.8 Å². The van der Waals surface area contributed by atoms with Crippen molar-refractivity contribution in [3.8, 4) is 0 Å². The molecule has 1 aromatic carbocycles. The smallest absolute Gasteiger partial charge is 0.265 e. The van der Waals surface area contributed by atoms with Crippen molar-refractivity contribution in [3.05, 3.63) is 45.6 Å². The maximum Gasteiger partial charge on any atom is 0.265 e. The molecular formula is C17H20N2O2S. The van der Waals surface area contributed by atoms with Crippen LogP contribution in [0.1, 0.15) is 34.0 Å². The van der Waals surface area contributed by atoms with Gasteiger partial charge in [0.1, 0.15) is 0 Å². The molecule has 4 nitrogen and oxygen atoms in total. The molecule has 0 radical (unpaired) electrons. The van der Waals surface area contributed by atoms with E-state index in [9.17, 15) is 9.59 Å². The van der Waals surface area contributed by atoms with Crippen molar-refractivity contribution in [3.63, 3.8) is 0 Å². The molecule has 0 bridgehead atoms. The van der Waals surface area contributed by atoms with E-state index in [0.29, 0.717) is 10.6 Å². The molecule has 2 amide bonds. The Morgan fingerprint density at radius 2 is 1.55 bits per heavy atom. The van der Waals surface area contributed by atoms with Crippen molar-refractivity contribution in [1.82, 2.24) is 0 Å². The summed E-state index contributed by atoms with van der Waals surface area (Å²) in [6, 6.07) is 9.01. The molecule has 0 saturated heterocycles. The number of hydrogen-bond donors (Lipinski definition) is 2. The molecule has 2 N–H and O–H groups in total. The summed E-state index contributed by atoms with van der Waals surface area (Å²) in [5, 5.41) is 5.68. The van der Waals surface area contributed by atoms with Crippen molar-refractivity contribution < 1.29 is 9.59 Å². The van der Waals surface area contributed by atoms with E-state index in [2.05, 4.69) is 10.6 Å². The highest BCUT2D eigenvalue weighted by Crippen LogP contribution is 2.22. The Labute approximate surface area is 134 Å². The maximum atomic E-state index is 12.2. The van der Waals surface area contributed by atoms with Crippen LogP contribution >= 0.6 is 11.3 Å². The predicted molar refractivity (Wildman–Crippen MR) is 91.7 cm³/mol. The van der Waals surface area contributed by atoms with Crippen molar-refractivity contribution in [2.75, 3.05) is 10.6 Å². The van der Waals surface area contributed by atoms with Gasteiger partial charge < -0.3 is 10.6 Å². The monoisotopic (exact) mass is 316 g/mol. The van der Waals surface area contributed by atoms with Gasteiger partial charge in [-0.2, -0.15) is 0 Å². The highest BCUT2D eigenvalue weighted by molar-refractivity contribution is 7.14. The summed E-state index contributed by atoms with van der Waals surface area (Å²) in [7, 11) is 0. The Morgan fingerprint density at radius 1 is 1.00 bits per heavy atom. The van der Waals surface area contributed by atoms with Gasteiger partial charge in [-0.25, -0.2) is 0 Å². The summed E-state index contributed by atoms with van der Waals surface area (Å²) in [5.41, 5.74) is 2.55. The Hall–Kier alpha value is -2.14. The zero-order chi connectivity index (χ0) is 16.3. The summed E-state index contributed by atoms with van der Waals surface area (Å²) in [6.45, 7) is 7.68. The lowest BCUT2D eigenvalue weighted by atomic mass is 10.2. The lowest BCUT2D eigenvalue weighted by Gasteiger charge is -2.09. The molecule has 0 atom stereocenters. The van der Waals surface area contributed by atoms with Gasteiger partial charge in [-0.05, 0) is 49.7 Å². The molecule has 0 fully saturated rings. The fourth-order valence-electron chi connectivity index (χ4n) is 1.80. The lowest BCUT2D eigenvalue weighted by Crippen LogP contribution is -2.17. The molecule has 0 spiro atoms. The number of thiophene rings is 1. The van der Waals surface area contributed by atoms with Crippen molar-refractivity contribution in [2.24, 2.45) is 5.92 Å². The predicted octanol–water partition coefficient (Wildman–Crippen LogP) is 4.21. The minimum absolute atomic E-state index is 0.0266. The minimum Gasteiger partial charge on any atom is -0.326 e. The van der Waals surface area contributed by atoms with Crippen LogP contribution in [0.3, 0.4) is 0 Å². The van der Waals surface area contributed by atoms with Crippen LogP contribution in [-0.4, -0.2) is 11.8 Å². The number of benzene rings is 1. The number of hydrogen-bond acceptors (Lipinski definition) is 3. The topological polar surface area (TPSA) is 58.2 Å². The fraction of sp³-hybridized carbons (Fsp3) is 0.294. The first kappa shape index (κ1) is 16.2. The van der Waals surface area contributed by atoms with Gasteiger partial charge >= 0.3 is 0 Å². The third kappa shape index (κ3) is 3.95. The second-order valence-corrected chi connectivity index (χ2v) is 6.78. The highest BCUT2D eigenvalue weighted by atomic mass is 32.1. The zero-order valence-electron chi connectivity index (χ0n) is 13.2. The van der Waals surface area contributed by atoms with Crippen LogP contribution in [0.4, 0.5) is 11.4 Å². The number of carbonyl (C=O) groups excluding carboxylic acids is 2. The van der Waals surface area contributed by atoms with E-state index in [1.54, 1.807) is 24.3 Å². The van der Waals surface area contributed by atoms with Gasteiger partial charge in [0, 0.05) is 22.2 Å². The lowest BCUT2D eigenvalue weighted by molar-refractivity contribution is -0.118. The third-order valence-electron chi connectivity index (χ3n) is 3.32. The van der Waals surface area contributed by atoms with Gasteiger partial charge in [-0.15, -0.1) is 11.3 Å². The SMILES string of the molecule is Cc1cc(C(=O)Nc2ccc(NC(=O)C(C)C)cc2)sc1C. The first-order chi connectivity index (χ1) is 10.4. The number of aryl methyl sites for hydroxylation is 2. The average Bonchev–Trinajstić information content (AvgIpc) is 2.81. The first-order valence-corrected chi connectivity index (χ1v) is 7.98. The molecule has 0 aliphatic carbocycles. The number of rotatable bonds is 4. The Balaban J connectivity index is 2.02. The molecule has 2 rings (SSSR count). The molecule has 0 aliphatic heterocycles. The molecule has 5 heteroatoms. The summed E-state index contributed by atoms with van der Waals surface area (Å²) in [4.78, 5) is 25.6. The first-order valence-electron chi connectivity index (χ1n) is 7.16. The largest absolute Gasteiger partial charge is 0.326 e. The Kier molecular flexibility index (Phi) is 4.98. The number of nitrogens with one attached hydrogen (secondary N) is 2. The van der Waals surface area contributed by atoms with Crippen molar-refractivity contribution in [1.29, 1.82) is 0 Å². The van der Waals surface area contributed by atoms with Gasteiger partial charge in [-0.1, -0.05) is 13.8 Å². The van der Waals surface area contributed by atoms with Crippen molar-refractivity contribution >= 4 is 34.5 Å². The van der Waals surface area contributed by atoms with Crippen LogP contribution in [0.2, 0.25) is 0 Å². The van der Waals surface area contributed by atoms with Crippen LogP contribution in [0.25, 0.3) is 0 Å². The molecule has 22 heavy (non-hydrogen) atoms. The second kappa shape index (κ2) is 6.75. The molecule has 1 heterocycles. The molecule has 0 saturated carbocycles. The minimum atomic E-state index is -0.111.